The Morgan fingerprint density at radius 2 is 1.90 bits per heavy atom. The minimum Gasteiger partial charge on any atom is -0.312 e. The highest BCUT2D eigenvalue weighted by atomic mass is 32.2. The largest absolute Gasteiger partial charge is 0.312 e. The van der Waals surface area contributed by atoms with Crippen LogP contribution in [0.3, 0.4) is 0 Å². The molecule has 21 heavy (non-hydrogen) atoms. The van der Waals surface area contributed by atoms with Gasteiger partial charge in [0.05, 0.1) is 0 Å². The van der Waals surface area contributed by atoms with Gasteiger partial charge in [0, 0.05) is 22.2 Å². The van der Waals surface area contributed by atoms with Gasteiger partial charge in [-0.05, 0) is 63.5 Å². The van der Waals surface area contributed by atoms with E-state index in [1.165, 1.54) is 50.0 Å². The lowest BCUT2D eigenvalue weighted by atomic mass is 9.80. The Hall–Kier alpha value is -0.470. The van der Waals surface area contributed by atoms with Gasteiger partial charge in [-0.1, -0.05) is 31.0 Å². The van der Waals surface area contributed by atoms with Crippen molar-refractivity contribution in [2.24, 2.45) is 5.41 Å². The van der Waals surface area contributed by atoms with Crippen LogP contribution in [0.5, 0.6) is 0 Å². The molecule has 0 bridgehead atoms. The first-order valence-corrected chi connectivity index (χ1v) is 9.33. The standard InChI is InChI=1S/C19H29NS/c1-18(2,3)20-14-19(10-6-7-11-19)13-16-12-15-8-4-5-9-17(15)21-16/h4-5,8-9,16,20H,6-7,10-14H2,1-3H3. The lowest BCUT2D eigenvalue weighted by molar-refractivity contribution is 0.227. The molecule has 1 N–H and O–H groups in total. The van der Waals surface area contributed by atoms with Crippen molar-refractivity contribution in [3.8, 4) is 0 Å². The molecule has 1 aliphatic heterocycles. The van der Waals surface area contributed by atoms with Gasteiger partial charge >= 0.3 is 0 Å². The molecule has 0 spiro atoms. The van der Waals surface area contributed by atoms with Gasteiger partial charge < -0.3 is 5.32 Å². The van der Waals surface area contributed by atoms with E-state index in [2.05, 4.69) is 62.1 Å². The average molecular weight is 304 g/mol. The summed E-state index contributed by atoms with van der Waals surface area (Å²) in [5.74, 6) is 0. The number of hydrogen-bond acceptors (Lipinski definition) is 2. The molecule has 0 saturated heterocycles. The highest BCUT2D eigenvalue weighted by Gasteiger charge is 2.38. The third-order valence-corrected chi connectivity index (χ3v) is 6.35. The number of thioether (sulfide) groups is 1. The molecule has 1 nitrogen and oxygen atoms in total. The Morgan fingerprint density at radius 1 is 1.19 bits per heavy atom. The fourth-order valence-electron chi connectivity index (χ4n) is 3.88. The van der Waals surface area contributed by atoms with Gasteiger partial charge in [-0.3, -0.25) is 0 Å². The minimum absolute atomic E-state index is 0.237. The normalized spacial score (nSPS) is 24.2. The van der Waals surface area contributed by atoms with Crippen LogP contribution < -0.4 is 5.32 Å². The van der Waals surface area contributed by atoms with Crippen LogP contribution >= 0.6 is 11.8 Å². The maximum atomic E-state index is 3.79. The summed E-state index contributed by atoms with van der Waals surface area (Å²) >= 11 is 2.13. The van der Waals surface area contributed by atoms with Gasteiger partial charge in [-0.15, -0.1) is 11.8 Å². The summed E-state index contributed by atoms with van der Waals surface area (Å²) in [5, 5.41) is 4.58. The maximum absolute atomic E-state index is 3.79. The van der Waals surface area contributed by atoms with Gasteiger partial charge in [-0.2, -0.15) is 0 Å². The molecular weight excluding hydrogens is 274 g/mol. The lowest BCUT2D eigenvalue weighted by Crippen LogP contribution is -2.44. The summed E-state index contributed by atoms with van der Waals surface area (Å²) < 4.78 is 0. The van der Waals surface area contributed by atoms with E-state index in [4.69, 9.17) is 0 Å². The smallest absolute Gasteiger partial charge is 0.0141 e. The fraction of sp³-hybridized carbons (Fsp3) is 0.684. The van der Waals surface area contributed by atoms with Crippen LogP contribution in [-0.2, 0) is 6.42 Å². The molecular formula is C19H29NS. The molecule has 0 amide bonds. The molecule has 0 radical (unpaired) electrons. The number of rotatable bonds is 4. The van der Waals surface area contributed by atoms with Crippen molar-refractivity contribution in [2.45, 2.75) is 75.0 Å². The maximum Gasteiger partial charge on any atom is 0.0141 e. The predicted molar refractivity (Wildman–Crippen MR) is 93.1 cm³/mol. The molecule has 1 aromatic rings. The van der Waals surface area contributed by atoms with Crippen molar-refractivity contribution in [2.75, 3.05) is 6.54 Å². The van der Waals surface area contributed by atoms with Crippen LogP contribution in [-0.4, -0.2) is 17.3 Å². The third-order valence-electron chi connectivity index (χ3n) is 5.03. The zero-order valence-electron chi connectivity index (χ0n) is 13.7. The first kappa shape index (κ1) is 15.4. The zero-order chi connectivity index (χ0) is 14.9. The summed E-state index contributed by atoms with van der Waals surface area (Å²) in [6.07, 6.45) is 8.35. The number of nitrogens with one attached hydrogen (secondary N) is 1. The molecule has 2 heteroatoms. The third kappa shape index (κ3) is 3.84. The van der Waals surface area contributed by atoms with Gasteiger partial charge in [-0.25, -0.2) is 0 Å². The van der Waals surface area contributed by atoms with Crippen molar-refractivity contribution in [1.82, 2.24) is 5.32 Å². The topological polar surface area (TPSA) is 12.0 Å². The quantitative estimate of drug-likeness (QED) is 0.836. The minimum atomic E-state index is 0.237. The van der Waals surface area contributed by atoms with E-state index >= 15 is 0 Å². The van der Waals surface area contributed by atoms with E-state index in [1.54, 1.807) is 5.56 Å². The molecule has 1 aromatic carbocycles. The average Bonchev–Trinajstić information content (AvgIpc) is 3.02. The summed E-state index contributed by atoms with van der Waals surface area (Å²) in [4.78, 5) is 1.53. The summed E-state index contributed by atoms with van der Waals surface area (Å²) in [6.45, 7) is 8.06. The van der Waals surface area contributed by atoms with Crippen molar-refractivity contribution in [3.05, 3.63) is 29.8 Å². The SMILES string of the molecule is CC(C)(C)NCC1(CC2Cc3ccccc3S2)CCCC1. The highest BCUT2D eigenvalue weighted by molar-refractivity contribution is 8.00. The number of benzene rings is 1. The lowest BCUT2D eigenvalue weighted by Gasteiger charge is -2.35. The molecule has 2 aliphatic rings. The molecule has 1 heterocycles. The number of fused-ring (bicyclic) bond motifs is 1. The van der Waals surface area contributed by atoms with Crippen molar-refractivity contribution < 1.29 is 0 Å². The molecule has 3 rings (SSSR count). The van der Waals surface area contributed by atoms with Crippen LogP contribution in [0.1, 0.15) is 58.4 Å². The van der Waals surface area contributed by atoms with Crippen LogP contribution in [0.4, 0.5) is 0 Å². The van der Waals surface area contributed by atoms with E-state index in [1.807, 2.05) is 0 Å². The fourth-order valence-corrected chi connectivity index (χ4v) is 5.40. The van der Waals surface area contributed by atoms with E-state index in [9.17, 15) is 0 Å². The zero-order valence-corrected chi connectivity index (χ0v) is 14.6. The van der Waals surface area contributed by atoms with Crippen LogP contribution in [0.2, 0.25) is 0 Å². The summed E-state index contributed by atoms with van der Waals surface area (Å²) in [7, 11) is 0. The number of hydrogen-bond donors (Lipinski definition) is 1. The molecule has 1 saturated carbocycles. The van der Waals surface area contributed by atoms with Crippen molar-refractivity contribution in [3.63, 3.8) is 0 Å². The van der Waals surface area contributed by atoms with E-state index in [0.29, 0.717) is 5.41 Å². The Balaban J connectivity index is 1.64. The Morgan fingerprint density at radius 3 is 2.57 bits per heavy atom. The molecule has 116 valence electrons. The Bertz CT molecular complexity index is 458. The van der Waals surface area contributed by atoms with E-state index in [0.717, 1.165) is 5.25 Å². The van der Waals surface area contributed by atoms with Crippen LogP contribution in [0.25, 0.3) is 0 Å². The van der Waals surface area contributed by atoms with Gasteiger partial charge in [0.2, 0.25) is 0 Å². The second-order valence-electron chi connectivity index (χ2n) is 8.07. The van der Waals surface area contributed by atoms with Crippen molar-refractivity contribution >= 4 is 11.8 Å². The van der Waals surface area contributed by atoms with Gasteiger partial charge in [0.15, 0.2) is 0 Å². The molecule has 1 aliphatic carbocycles. The predicted octanol–water partition coefficient (Wildman–Crippen LogP) is 5.04. The monoisotopic (exact) mass is 303 g/mol. The second kappa shape index (κ2) is 5.96. The van der Waals surface area contributed by atoms with Gasteiger partial charge in [0.1, 0.15) is 0 Å². The first-order valence-electron chi connectivity index (χ1n) is 8.45. The second-order valence-corrected chi connectivity index (χ2v) is 9.41. The van der Waals surface area contributed by atoms with E-state index < -0.39 is 0 Å². The van der Waals surface area contributed by atoms with Crippen LogP contribution in [0, 0.1) is 5.41 Å². The summed E-state index contributed by atoms with van der Waals surface area (Å²) in [5.41, 5.74) is 2.36. The Labute approximate surface area is 134 Å². The first-order chi connectivity index (χ1) is 9.96. The van der Waals surface area contributed by atoms with Crippen molar-refractivity contribution in [1.29, 1.82) is 0 Å². The van der Waals surface area contributed by atoms with Gasteiger partial charge in [0.25, 0.3) is 0 Å². The highest BCUT2D eigenvalue weighted by Crippen LogP contribution is 2.48. The van der Waals surface area contributed by atoms with E-state index in [-0.39, 0.29) is 5.54 Å². The Kier molecular flexibility index (Phi) is 4.38. The molecule has 1 unspecified atom stereocenters. The van der Waals surface area contributed by atoms with Crippen LogP contribution in [0.15, 0.2) is 29.2 Å². The molecule has 0 aromatic heterocycles. The molecule has 1 fully saturated rings. The summed E-state index contributed by atoms with van der Waals surface area (Å²) in [6, 6.07) is 8.99. The molecule has 1 atom stereocenters.